The second kappa shape index (κ2) is 7.11. The lowest BCUT2D eigenvalue weighted by molar-refractivity contribution is 0.282. The minimum absolute atomic E-state index is 0.00918. The Morgan fingerprint density at radius 3 is 2.24 bits per heavy atom. The molecule has 2 heterocycles. The monoisotopic (exact) mass is 341 g/mol. The lowest BCUT2D eigenvalue weighted by atomic mass is 10.1. The number of aryl methyl sites for hydroxylation is 1. The Morgan fingerprint density at radius 1 is 1.00 bits per heavy atom. The highest BCUT2D eigenvalue weighted by Crippen LogP contribution is 2.22. The van der Waals surface area contributed by atoms with Crippen LogP contribution in [0.1, 0.15) is 32.3 Å². The SMILES string of the molecule is CCCn1c(=O)c2[nH]c(-c3ccc(CO)cc3)cc2n(CCC)c1=O. The van der Waals surface area contributed by atoms with Gasteiger partial charge >= 0.3 is 5.69 Å². The zero-order valence-electron chi connectivity index (χ0n) is 14.6. The second-order valence-electron chi connectivity index (χ2n) is 6.19. The van der Waals surface area contributed by atoms with Gasteiger partial charge in [-0.15, -0.1) is 0 Å². The van der Waals surface area contributed by atoms with E-state index in [2.05, 4.69) is 4.98 Å². The van der Waals surface area contributed by atoms with Crippen molar-refractivity contribution < 1.29 is 5.11 Å². The van der Waals surface area contributed by atoms with E-state index in [-0.39, 0.29) is 17.9 Å². The van der Waals surface area contributed by atoms with Crippen LogP contribution in [0.15, 0.2) is 39.9 Å². The molecular weight excluding hydrogens is 318 g/mol. The summed E-state index contributed by atoms with van der Waals surface area (Å²) in [6.45, 7) is 4.93. The van der Waals surface area contributed by atoms with Crippen molar-refractivity contribution >= 4 is 11.0 Å². The first kappa shape index (κ1) is 17.2. The number of aromatic amines is 1. The van der Waals surface area contributed by atoms with Crippen molar-refractivity contribution in [1.82, 2.24) is 14.1 Å². The summed E-state index contributed by atoms with van der Waals surface area (Å²) in [7, 11) is 0. The van der Waals surface area contributed by atoms with Crippen LogP contribution < -0.4 is 11.2 Å². The minimum atomic E-state index is -0.271. The van der Waals surface area contributed by atoms with Crippen LogP contribution in [0.3, 0.4) is 0 Å². The number of hydrogen-bond donors (Lipinski definition) is 2. The van der Waals surface area contributed by atoms with Gasteiger partial charge in [-0.1, -0.05) is 38.1 Å². The van der Waals surface area contributed by atoms with E-state index >= 15 is 0 Å². The zero-order valence-corrected chi connectivity index (χ0v) is 14.6. The number of aliphatic hydroxyl groups excluding tert-OH is 1. The van der Waals surface area contributed by atoms with Gasteiger partial charge in [-0.05, 0) is 30.0 Å². The van der Waals surface area contributed by atoms with Gasteiger partial charge in [0, 0.05) is 18.8 Å². The highest BCUT2D eigenvalue weighted by atomic mass is 16.3. The number of nitrogens with one attached hydrogen (secondary N) is 1. The molecule has 2 aromatic heterocycles. The van der Waals surface area contributed by atoms with E-state index in [1.807, 2.05) is 44.2 Å². The van der Waals surface area contributed by atoms with Crippen LogP contribution in [0.25, 0.3) is 22.3 Å². The fourth-order valence-corrected chi connectivity index (χ4v) is 3.10. The first-order valence-electron chi connectivity index (χ1n) is 8.67. The van der Waals surface area contributed by atoms with Gasteiger partial charge < -0.3 is 10.1 Å². The van der Waals surface area contributed by atoms with Gasteiger partial charge in [0.25, 0.3) is 5.56 Å². The van der Waals surface area contributed by atoms with Crippen molar-refractivity contribution in [1.29, 1.82) is 0 Å². The van der Waals surface area contributed by atoms with Gasteiger partial charge in [-0.25, -0.2) is 4.79 Å². The van der Waals surface area contributed by atoms with Crippen molar-refractivity contribution in [3.8, 4) is 11.3 Å². The number of benzene rings is 1. The molecule has 3 rings (SSSR count). The molecule has 0 bridgehead atoms. The largest absolute Gasteiger partial charge is 0.392 e. The normalized spacial score (nSPS) is 11.3. The van der Waals surface area contributed by atoms with Gasteiger partial charge in [-0.3, -0.25) is 13.9 Å². The van der Waals surface area contributed by atoms with Crippen molar-refractivity contribution in [2.24, 2.45) is 0 Å². The first-order valence-corrected chi connectivity index (χ1v) is 8.67. The van der Waals surface area contributed by atoms with Crippen LogP contribution >= 0.6 is 0 Å². The maximum Gasteiger partial charge on any atom is 0.331 e. The predicted molar refractivity (Wildman–Crippen MR) is 98.8 cm³/mol. The molecule has 0 aliphatic carbocycles. The average molecular weight is 341 g/mol. The van der Waals surface area contributed by atoms with Crippen LogP contribution in [0.5, 0.6) is 0 Å². The van der Waals surface area contributed by atoms with E-state index in [0.717, 1.165) is 29.7 Å². The third-order valence-corrected chi connectivity index (χ3v) is 4.35. The summed E-state index contributed by atoms with van der Waals surface area (Å²) in [5, 5.41) is 9.17. The molecule has 6 nitrogen and oxygen atoms in total. The topological polar surface area (TPSA) is 80.0 Å². The molecule has 25 heavy (non-hydrogen) atoms. The third-order valence-electron chi connectivity index (χ3n) is 4.35. The second-order valence-corrected chi connectivity index (χ2v) is 6.19. The molecule has 0 aliphatic rings. The van der Waals surface area contributed by atoms with Gasteiger partial charge in [0.1, 0.15) is 5.52 Å². The summed E-state index contributed by atoms with van der Waals surface area (Å²) in [6, 6.07) is 9.33. The Hall–Kier alpha value is -2.60. The molecular formula is C19H23N3O3. The smallest absolute Gasteiger partial charge is 0.331 e. The van der Waals surface area contributed by atoms with Gasteiger partial charge in [0.15, 0.2) is 0 Å². The quantitative estimate of drug-likeness (QED) is 0.723. The van der Waals surface area contributed by atoms with Crippen LogP contribution in [0.4, 0.5) is 0 Å². The molecule has 3 aromatic rings. The lowest BCUT2D eigenvalue weighted by Gasteiger charge is -2.10. The minimum Gasteiger partial charge on any atom is -0.392 e. The van der Waals surface area contributed by atoms with E-state index in [9.17, 15) is 9.59 Å². The number of nitrogens with zero attached hydrogens (tertiary/aromatic N) is 2. The maximum atomic E-state index is 12.7. The Balaban J connectivity index is 2.24. The van der Waals surface area contributed by atoms with Gasteiger partial charge in [0.05, 0.1) is 12.1 Å². The molecule has 0 amide bonds. The summed E-state index contributed by atoms with van der Waals surface area (Å²) in [6.07, 6.45) is 1.54. The summed E-state index contributed by atoms with van der Waals surface area (Å²) in [5.74, 6) is 0. The number of H-pyrrole nitrogens is 1. The maximum absolute atomic E-state index is 12.7. The van der Waals surface area contributed by atoms with E-state index in [1.54, 1.807) is 4.57 Å². The fraction of sp³-hybridized carbons (Fsp3) is 0.368. The highest BCUT2D eigenvalue weighted by Gasteiger charge is 2.15. The van der Waals surface area contributed by atoms with E-state index in [1.165, 1.54) is 4.57 Å². The summed E-state index contributed by atoms with van der Waals surface area (Å²) < 4.78 is 2.99. The molecule has 0 spiro atoms. The van der Waals surface area contributed by atoms with E-state index < -0.39 is 0 Å². The molecule has 1 aromatic carbocycles. The average Bonchev–Trinajstić information content (AvgIpc) is 3.08. The van der Waals surface area contributed by atoms with Crippen molar-refractivity contribution in [2.75, 3.05) is 0 Å². The Labute approximate surface area is 145 Å². The number of aromatic nitrogens is 3. The lowest BCUT2D eigenvalue weighted by Crippen LogP contribution is -2.39. The Kier molecular flexibility index (Phi) is 4.90. The molecule has 0 radical (unpaired) electrons. The highest BCUT2D eigenvalue weighted by molar-refractivity contribution is 5.82. The molecule has 6 heteroatoms. The summed E-state index contributed by atoms with van der Waals surface area (Å²) in [5.41, 5.74) is 3.11. The zero-order chi connectivity index (χ0) is 18.0. The Morgan fingerprint density at radius 2 is 1.64 bits per heavy atom. The van der Waals surface area contributed by atoms with Crippen LogP contribution in [-0.2, 0) is 19.7 Å². The summed E-state index contributed by atoms with van der Waals surface area (Å²) in [4.78, 5) is 28.6. The van der Waals surface area contributed by atoms with Gasteiger partial charge in [-0.2, -0.15) is 0 Å². The Bertz CT molecular complexity index is 994. The number of hydrogen-bond acceptors (Lipinski definition) is 3. The standard InChI is InChI=1S/C19H23N3O3/c1-3-9-21-16-11-15(14-7-5-13(12-23)6-8-14)20-17(16)18(24)22(10-4-2)19(21)25/h5-8,11,20,23H,3-4,9-10,12H2,1-2H3. The number of rotatable bonds is 6. The first-order chi connectivity index (χ1) is 12.1. The molecule has 0 saturated heterocycles. The molecule has 132 valence electrons. The molecule has 0 unspecified atom stereocenters. The van der Waals surface area contributed by atoms with Crippen molar-refractivity contribution in [2.45, 2.75) is 46.4 Å². The fourth-order valence-electron chi connectivity index (χ4n) is 3.10. The third kappa shape index (κ3) is 3.05. The van der Waals surface area contributed by atoms with Crippen LogP contribution in [-0.4, -0.2) is 19.2 Å². The molecule has 2 N–H and O–H groups in total. The summed E-state index contributed by atoms with van der Waals surface area (Å²) >= 11 is 0. The van der Waals surface area contributed by atoms with E-state index in [0.29, 0.717) is 24.1 Å². The molecule has 0 aliphatic heterocycles. The molecule has 0 fully saturated rings. The van der Waals surface area contributed by atoms with E-state index in [4.69, 9.17) is 5.11 Å². The van der Waals surface area contributed by atoms with Gasteiger partial charge in [0.2, 0.25) is 0 Å². The molecule has 0 saturated carbocycles. The molecule has 0 atom stereocenters. The predicted octanol–water partition coefficient (Wildman–Crippen LogP) is 2.47. The van der Waals surface area contributed by atoms with Crippen LogP contribution in [0, 0.1) is 0 Å². The van der Waals surface area contributed by atoms with Crippen molar-refractivity contribution in [3.05, 3.63) is 56.7 Å². The number of aliphatic hydroxyl groups is 1. The van der Waals surface area contributed by atoms with Crippen LogP contribution in [0.2, 0.25) is 0 Å². The van der Waals surface area contributed by atoms with Crippen molar-refractivity contribution in [3.63, 3.8) is 0 Å². The number of fused-ring (bicyclic) bond motifs is 1.